The van der Waals surface area contributed by atoms with Crippen LogP contribution in [-0.2, 0) is 14.4 Å². The van der Waals surface area contributed by atoms with E-state index in [1.165, 1.54) is 4.90 Å². The number of likely N-dealkylation sites (tertiary alicyclic amines) is 1. The summed E-state index contributed by atoms with van der Waals surface area (Å²) >= 11 is 4.25. The number of carbonyl (C=O) groups excluding carboxylic acids is 4. The molecule has 0 aromatic heterocycles. The average molecular weight is 551 g/mol. The van der Waals surface area contributed by atoms with Gasteiger partial charge < -0.3 is 41.8 Å². The third-order valence-corrected chi connectivity index (χ3v) is 6.88. The smallest absolute Gasteiger partial charge is 0.254 e. The van der Waals surface area contributed by atoms with Crippen molar-refractivity contribution in [1.29, 1.82) is 0 Å². The molecule has 0 unspecified atom stereocenters. The number of ether oxygens (including phenoxy) is 2. The van der Waals surface area contributed by atoms with Crippen LogP contribution in [0.15, 0.2) is 18.2 Å². The van der Waals surface area contributed by atoms with Gasteiger partial charge in [-0.3, -0.25) is 19.2 Å². The number of benzene rings is 1. The molecular formula is C25H38N6O6S. The third-order valence-electron chi connectivity index (χ3n) is 6.51. The molecule has 0 aliphatic carbocycles. The number of unbranched alkanes of at least 4 members (excludes halogenated alkanes) is 1. The van der Waals surface area contributed by atoms with Crippen LogP contribution in [0.4, 0.5) is 0 Å². The van der Waals surface area contributed by atoms with Crippen molar-refractivity contribution < 1.29 is 28.7 Å². The predicted octanol–water partition coefficient (Wildman–Crippen LogP) is -0.487. The fourth-order valence-electron chi connectivity index (χ4n) is 4.41. The minimum absolute atomic E-state index is 0.0186. The second-order valence-corrected chi connectivity index (χ2v) is 9.61. The zero-order chi connectivity index (χ0) is 27.5. The minimum atomic E-state index is -0.984. The maximum absolute atomic E-state index is 13.2. The zero-order valence-corrected chi connectivity index (χ0v) is 22.3. The van der Waals surface area contributed by atoms with E-state index in [-0.39, 0.29) is 24.4 Å². The van der Waals surface area contributed by atoms with Crippen molar-refractivity contribution in [1.82, 2.24) is 20.9 Å². The van der Waals surface area contributed by atoms with Gasteiger partial charge in [0.15, 0.2) is 11.5 Å². The topological polar surface area (TPSA) is 178 Å². The van der Waals surface area contributed by atoms with Gasteiger partial charge in [-0.05, 0) is 69.8 Å². The number of nitrogens with one attached hydrogen (secondary N) is 3. The molecule has 38 heavy (non-hydrogen) atoms. The maximum atomic E-state index is 13.2. The highest BCUT2D eigenvalue weighted by Gasteiger charge is 2.37. The molecule has 3 atom stereocenters. The molecule has 0 spiro atoms. The van der Waals surface area contributed by atoms with Gasteiger partial charge in [-0.25, -0.2) is 0 Å². The predicted molar refractivity (Wildman–Crippen MR) is 144 cm³/mol. The first-order chi connectivity index (χ1) is 18.4. The van der Waals surface area contributed by atoms with Crippen LogP contribution >= 0.6 is 12.6 Å². The maximum Gasteiger partial charge on any atom is 0.254 e. The van der Waals surface area contributed by atoms with Gasteiger partial charge in [-0.1, -0.05) is 0 Å². The summed E-state index contributed by atoms with van der Waals surface area (Å²) in [5.41, 5.74) is 11.4. The summed E-state index contributed by atoms with van der Waals surface area (Å²) < 4.78 is 10.7. The number of rotatable bonds is 14. The lowest BCUT2D eigenvalue weighted by atomic mass is 10.1. The zero-order valence-electron chi connectivity index (χ0n) is 21.4. The Morgan fingerprint density at radius 2 is 1.76 bits per heavy atom. The lowest BCUT2D eigenvalue weighted by Gasteiger charge is -2.27. The molecule has 1 aromatic carbocycles. The molecule has 4 amide bonds. The molecule has 210 valence electrons. The van der Waals surface area contributed by atoms with Crippen molar-refractivity contribution >= 4 is 36.3 Å². The summed E-state index contributed by atoms with van der Waals surface area (Å²) in [6.45, 7) is 1.83. The number of carbonyl (C=O) groups is 4. The van der Waals surface area contributed by atoms with Gasteiger partial charge in [0.1, 0.15) is 18.1 Å². The molecule has 0 bridgehead atoms. The number of nitrogens with zero attached hydrogens (tertiary/aromatic N) is 1. The first-order valence-electron chi connectivity index (χ1n) is 13.0. The molecule has 12 nitrogen and oxygen atoms in total. The van der Waals surface area contributed by atoms with Gasteiger partial charge >= 0.3 is 0 Å². The summed E-state index contributed by atoms with van der Waals surface area (Å²) in [7, 11) is 0. The Kier molecular flexibility index (Phi) is 11.5. The second-order valence-electron chi connectivity index (χ2n) is 9.25. The van der Waals surface area contributed by atoms with Crippen molar-refractivity contribution in [3.63, 3.8) is 0 Å². The Hall–Kier alpha value is -3.03. The molecule has 1 fully saturated rings. The summed E-state index contributed by atoms with van der Waals surface area (Å²) in [6.07, 6.45) is 3.51. The molecule has 1 saturated heterocycles. The van der Waals surface area contributed by atoms with Crippen LogP contribution in [0.5, 0.6) is 11.5 Å². The van der Waals surface area contributed by atoms with Gasteiger partial charge in [-0.2, -0.15) is 12.6 Å². The van der Waals surface area contributed by atoms with Gasteiger partial charge in [0, 0.05) is 24.4 Å². The molecule has 1 aromatic rings. The number of hydrogen-bond acceptors (Lipinski definition) is 9. The Bertz CT molecular complexity index is 995. The van der Waals surface area contributed by atoms with E-state index in [1.54, 1.807) is 18.2 Å². The summed E-state index contributed by atoms with van der Waals surface area (Å²) in [4.78, 5) is 53.6. The van der Waals surface area contributed by atoms with Crippen LogP contribution in [0.1, 0.15) is 48.9 Å². The first-order valence-corrected chi connectivity index (χ1v) is 13.6. The summed E-state index contributed by atoms with van der Waals surface area (Å²) in [5.74, 6) is -0.522. The monoisotopic (exact) mass is 550 g/mol. The van der Waals surface area contributed by atoms with Crippen molar-refractivity contribution in [3.05, 3.63) is 23.8 Å². The quantitative estimate of drug-likeness (QED) is 0.133. The van der Waals surface area contributed by atoms with E-state index in [2.05, 4.69) is 28.6 Å². The van der Waals surface area contributed by atoms with Gasteiger partial charge in [-0.15, -0.1) is 0 Å². The number of amides is 4. The lowest BCUT2D eigenvalue weighted by Crippen LogP contribution is -2.57. The van der Waals surface area contributed by atoms with E-state index in [0.717, 1.165) is 0 Å². The van der Waals surface area contributed by atoms with Gasteiger partial charge in [0.05, 0.1) is 0 Å². The fraction of sp³-hybridized carbons (Fsp3) is 0.600. The van der Waals surface area contributed by atoms with Gasteiger partial charge in [0.2, 0.25) is 24.5 Å². The Balaban J connectivity index is 1.61. The first kappa shape index (κ1) is 29.5. The van der Waals surface area contributed by atoms with E-state index in [1.807, 2.05) is 0 Å². The molecule has 2 aliphatic rings. The van der Waals surface area contributed by atoms with Crippen molar-refractivity contribution in [2.45, 2.75) is 56.7 Å². The number of hydrogen-bond donors (Lipinski definition) is 6. The van der Waals surface area contributed by atoms with Crippen LogP contribution < -0.4 is 36.9 Å². The number of thiol groups is 1. The largest absolute Gasteiger partial charge is 0.454 e. The van der Waals surface area contributed by atoms with E-state index >= 15 is 0 Å². The SMILES string of the molecule is NCCCC[C@H](NC(=O)[C@H](CS)NC(=O)[C@@H]1CCCN1C(=O)c1ccc2c(c1)OCO2)C(=O)NCCCN. The Labute approximate surface area is 227 Å². The second kappa shape index (κ2) is 14.8. The van der Waals surface area contributed by atoms with Crippen molar-refractivity contribution in [3.8, 4) is 11.5 Å². The highest BCUT2D eigenvalue weighted by molar-refractivity contribution is 7.80. The van der Waals surface area contributed by atoms with Crippen molar-refractivity contribution in [2.75, 3.05) is 38.7 Å². The summed E-state index contributed by atoms with van der Waals surface area (Å²) in [6, 6.07) is 2.41. The van der Waals surface area contributed by atoms with Crippen LogP contribution in [0.3, 0.4) is 0 Å². The molecule has 13 heteroatoms. The highest BCUT2D eigenvalue weighted by atomic mass is 32.1. The third kappa shape index (κ3) is 7.74. The molecule has 0 radical (unpaired) electrons. The standard InChI is InChI=1S/C25H38N6O6S/c26-9-2-1-5-17(22(32)28-11-4-10-27)29-23(33)18(14-38)30-24(34)19-6-3-12-31(19)25(35)16-7-8-20-21(13-16)37-15-36-20/h7-8,13,17-19,38H,1-6,9-12,14-15,26-27H2,(H,28,32)(H,29,33)(H,30,34)/t17-,18-,19-/m0/s1. The lowest BCUT2D eigenvalue weighted by molar-refractivity contribution is -0.132. The van der Waals surface area contributed by atoms with Crippen molar-refractivity contribution in [2.24, 2.45) is 11.5 Å². The Morgan fingerprint density at radius 3 is 2.50 bits per heavy atom. The van der Waals surface area contributed by atoms with E-state index in [9.17, 15) is 19.2 Å². The minimum Gasteiger partial charge on any atom is -0.454 e. The van der Waals surface area contributed by atoms with E-state index in [4.69, 9.17) is 20.9 Å². The average Bonchev–Trinajstić information content (AvgIpc) is 3.60. The number of nitrogens with two attached hydrogens (primary N) is 2. The van der Waals surface area contributed by atoms with E-state index in [0.29, 0.717) is 81.8 Å². The number of fused-ring (bicyclic) bond motifs is 1. The van der Waals surface area contributed by atoms with Crippen LogP contribution in [0.2, 0.25) is 0 Å². The van der Waals surface area contributed by atoms with E-state index < -0.39 is 29.9 Å². The Morgan fingerprint density at radius 1 is 1.00 bits per heavy atom. The summed E-state index contributed by atoms with van der Waals surface area (Å²) in [5, 5.41) is 8.23. The highest BCUT2D eigenvalue weighted by Crippen LogP contribution is 2.33. The molecule has 2 heterocycles. The van der Waals surface area contributed by atoms with Crippen LogP contribution in [-0.4, -0.2) is 85.4 Å². The molecular weight excluding hydrogens is 512 g/mol. The molecule has 2 aliphatic heterocycles. The fourth-order valence-corrected chi connectivity index (χ4v) is 4.67. The van der Waals surface area contributed by atoms with Crippen LogP contribution in [0, 0.1) is 0 Å². The van der Waals surface area contributed by atoms with Gasteiger partial charge in [0.25, 0.3) is 5.91 Å². The van der Waals surface area contributed by atoms with Crippen LogP contribution in [0.25, 0.3) is 0 Å². The molecule has 3 rings (SSSR count). The molecule has 0 saturated carbocycles. The molecule has 7 N–H and O–H groups in total. The normalized spacial score (nSPS) is 17.6.